The summed E-state index contributed by atoms with van der Waals surface area (Å²) in [5.74, 6) is 0.819. The number of hydrogen-bond donors (Lipinski definition) is 0. The van der Waals surface area contributed by atoms with Crippen LogP contribution in [0, 0.1) is 0 Å². The van der Waals surface area contributed by atoms with E-state index in [0.717, 1.165) is 18.9 Å². The standard InChI is InChI=1S/C16H18N4O2S/c1-23(22)14-5-2-4-13(12-14)16(21)20-10-8-19(9-11-20)15-6-3-7-17-18-15/h2-7,12H,8-11H2,1H3. The molecule has 1 aromatic carbocycles. The summed E-state index contributed by atoms with van der Waals surface area (Å²) in [5, 5.41) is 7.99. The van der Waals surface area contributed by atoms with Gasteiger partial charge in [0.05, 0.1) is 0 Å². The average Bonchev–Trinajstić information content (AvgIpc) is 2.62. The van der Waals surface area contributed by atoms with Crippen molar-refractivity contribution in [1.29, 1.82) is 0 Å². The minimum atomic E-state index is -1.09. The molecular formula is C16H18N4O2S. The van der Waals surface area contributed by atoms with Gasteiger partial charge >= 0.3 is 0 Å². The van der Waals surface area contributed by atoms with E-state index >= 15 is 0 Å². The minimum absolute atomic E-state index is 0.0175. The molecule has 1 amide bonds. The van der Waals surface area contributed by atoms with E-state index < -0.39 is 10.8 Å². The first-order chi connectivity index (χ1) is 11.1. The van der Waals surface area contributed by atoms with Gasteiger partial charge < -0.3 is 9.80 Å². The molecule has 1 unspecified atom stereocenters. The van der Waals surface area contributed by atoms with Crippen LogP contribution in [-0.4, -0.2) is 57.6 Å². The molecular weight excluding hydrogens is 312 g/mol. The average molecular weight is 330 g/mol. The molecule has 1 atom stereocenters. The van der Waals surface area contributed by atoms with E-state index in [1.165, 1.54) is 0 Å². The second kappa shape index (κ2) is 6.87. The minimum Gasteiger partial charge on any atom is -0.352 e. The molecule has 0 aliphatic carbocycles. The number of anilines is 1. The van der Waals surface area contributed by atoms with E-state index in [-0.39, 0.29) is 5.91 Å². The summed E-state index contributed by atoms with van der Waals surface area (Å²) in [6.45, 7) is 2.72. The maximum Gasteiger partial charge on any atom is 0.254 e. The number of carbonyl (C=O) groups is 1. The summed E-state index contributed by atoms with van der Waals surface area (Å²) >= 11 is 0. The van der Waals surface area contributed by atoms with Crippen molar-refractivity contribution >= 4 is 22.5 Å². The Bertz CT molecular complexity index is 715. The molecule has 0 bridgehead atoms. The van der Waals surface area contributed by atoms with Crippen molar-refractivity contribution in [3.63, 3.8) is 0 Å². The lowest BCUT2D eigenvalue weighted by molar-refractivity contribution is 0.0746. The summed E-state index contributed by atoms with van der Waals surface area (Å²) in [4.78, 5) is 17.2. The van der Waals surface area contributed by atoms with Gasteiger partial charge in [0.25, 0.3) is 5.91 Å². The van der Waals surface area contributed by atoms with Crippen LogP contribution in [0.2, 0.25) is 0 Å². The molecule has 120 valence electrons. The third kappa shape index (κ3) is 3.56. The Hall–Kier alpha value is -2.28. The molecule has 1 fully saturated rings. The lowest BCUT2D eigenvalue weighted by atomic mass is 10.2. The molecule has 2 heterocycles. The van der Waals surface area contributed by atoms with Gasteiger partial charge in [-0.05, 0) is 30.3 Å². The predicted molar refractivity (Wildman–Crippen MR) is 88.9 cm³/mol. The van der Waals surface area contributed by atoms with Gasteiger partial charge in [0.15, 0.2) is 5.82 Å². The Morgan fingerprint density at radius 2 is 1.91 bits per heavy atom. The largest absolute Gasteiger partial charge is 0.352 e. The van der Waals surface area contributed by atoms with Gasteiger partial charge in [0, 0.05) is 59.9 Å². The zero-order chi connectivity index (χ0) is 16.2. The zero-order valence-corrected chi connectivity index (χ0v) is 13.7. The van der Waals surface area contributed by atoms with Crippen molar-refractivity contribution in [2.75, 3.05) is 37.3 Å². The highest BCUT2D eigenvalue weighted by molar-refractivity contribution is 7.84. The number of piperazine rings is 1. The molecule has 0 spiro atoms. The predicted octanol–water partition coefficient (Wildman–Crippen LogP) is 1.18. The van der Waals surface area contributed by atoms with E-state index in [0.29, 0.717) is 23.5 Å². The third-order valence-electron chi connectivity index (χ3n) is 3.86. The molecule has 0 saturated carbocycles. The highest BCUT2D eigenvalue weighted by atomic mass is 32.2. The molecule has 2 aromatic rings. The van der Waals surface area contributed by atoms with Crippen LogP contribution in [0.4, 0.5) is 5.82 Å². The SMILES string of the molecule is CS(=O)c1cccc(C(=O)N2CCN(c3cccnn3)CC2)c1. The molecule has 1 aromatic heterocycles. The first kappa shape index (κ1) is 15.6. The molecule has 1 aliphatic rings. The summed E-state index contributed by atoms with van der Waals surface area (Å²) in [6, 6.07) is 10.8. The fourth-order valence-corrected chi connectivity index (χ4v) is 3.15. The Morgan fingerprint density at radius 3 is 2.57 bits per heavy atom. The van der Waals surface area contributed by atoms with E-state index in [4.69, 9.17) is 0 Å². The van der Waals surface area contributed by atoms with Gasteiger partial charge in [-0.25, -0.2) is 0 Å². The number of benzene rings is 1. The highest BCUT2D eigenvalue weighted by Crippen LogP contribution is 2.15. The molecule has 6 nitrogen and oxygen atoms in total. The highest BCUT2D eigenvalue weighted by Gasteiger charge is 2.23. The summed E-state index contributed by atoms with van der Waals surface area (Å²) in [7, 11) is -1.09. The van der Waals surface area contributed by atoms with Crippen molar-refractivity contribution in [3.05, 3.63) is 48.2 Å². The van der Waals surface area contributed by atoms with Crippen LogP contribution in [0.3, 0.4) is 0 Å². The zero-order valence-electron chi connectivity index (χ0n) is 12.9. The number of amides is 1. The van der Waals surface area contributed by atoms with Crippen LogP contribution in [0.15, 0.2) is 47.5 Å². The Kier molecular flexibility index (Phi) is 4.66. The van der Waals surface area contributed by atoms with Crippen LogP contribution in [0.5, 0.6) is 0 Å². The molecule has 3 rings (SSSR count). The van der Waals surface area contributed by atoms with Crippen molar-refractivity contribution in [1.82, 2.24) is 15.1 Å². The second-order valence-corrected chi connectivity index (χ2v) is 6.72. The monoisotopic (exact) mass is 330 g/mol. The number of aromatic nitrogens is 2. The molecule has 0 N–H and O–H groups in total. The topological polar surface area (TPSA) is 66.4 Å². The summed E-state index contributed by atoms with van der Waals surface area (Å²) in [6.07, 6.45) is 3.26. The first-order valence-corrected chi connectivity index (χ1v) is 8.96. The third-order valence-corrected chi connectivity index (χ3v) is 4.78. The second-order valence-electron chi connectivity index (χ2n) is 5.34. The quantitative estimate of drug-likeness (QED) is 0.845. The number of nitrogens with zero attached hydrogens (tertiary/aromatic N) is 4. The van der Waals surface area contributed by atoms with Gasteiger partial charge in [-0.2, -0.15) is 5.10 Å². The van der Waals surface area contributed by atoms with Gasteiger partial charge in [0.1, 0.15) is 0 Å². The smallest absolute Gasteiger partial charge is 0.254 e. The molecule has 23 heavy (non-hydrogen) atoms. The molecule has 0 radical (unpaired) electrons. The van der Waals surface area contributed by atoms with Gasteiger partial charge in [0.2, 0.25) is 0 Å². The lowest BCUT2D eigenvalue weighted by Gasteiger charge is -2.35. The normalized spacial score (nSPS) is 16.2. The maximum atomic E-state index is 12.6. The van der Waals surface area contributed by atoms with E-state index in [2.05, 4.69) is 15.1 Å². The van der Waals surface area contributed by atoms with Gasteiger partial charge in [-0.1, -0.05) is 6.07 Å². The van der Waals surface area contributed by atoms with Crippen LogP contribution in [0.1, 0.15) is 10.4 Å². The van der Waals surface area contributed by atoms with Crippen LogP contribution in [-0.2, 0) is 10.8 Å². The van der Waals surface area contributed by atoms with Crippen LogP contribution in [0.25, 0.3) is 0 Å². The van der Waals surface area contributed by atoms with Crippen molar-refractivity contribution in [2.24, 2.45) is 0 Å². The van der Waals surface area contributed by atoms with E-state index in [1.807, 2.05) is 17.0 Å². The van der Waals surface area contributed by atoms with Gasteiger partial charge in [-0.15, -0.1) is 5.10 Å². The lowest BCUT2D eigenvalue weighted by Crippen LogP contribution is -2.49. The van der Waals surface area contributed by atoms with E-state index in [1.54, 1.807) is 36.7 Å². The summed E-state index contributed by atoms with van der Waals surface area (Å²) in [5.41, 5.74) is 0.589. The molecule has 7 heteroatoms. The fraction of sp³-hybridized carbons (Fsp3) is 0.312. The van der Waals surface area contributed by atoms with Gasteiger partial charge in [-0.3, -0.25) is 9.00 Å². The van der Waals surface area contributed by atoms with Crippen molar-refractivity contribution in [2.45, 2.75) is 4.90 Å². The molecule has 1 aliphatic heterocycles. The number of hydrogen-bond acceptors (Lipinski definition) is 5. The maximum absolute atomic E-state index is 12.6. The molecule has 1 saturated heterocycles. The van der Waals surface area contributed by atoms with Crippen molar-refractivity contribution in [3.8, 4) is 0 Å². The number of carbonyl (C=O) groups excluding carboxylic acids is 1. The Morgan fingerprint density at radius 1 is 1.13 bits per heavy atom. The Balaban J connectivity index is 1.66. The van der Waals surface area contributed by atoms with Crippen LogP contribution >= 0.6 is 0 Å². The van der Waals surface area contributed by atoms with E-state index in [9.17, 15) is 9.00 Å². The van der Waals surface area contributed by atoms with Crippen molar-refractivity contribution < 1.29 is 9.00 Å². The first-order valence-electron chi connectivity index (χ1n) is 7.40. The Labute approximate surface area is 137 Å². The number of rotatable bonds is 3. The summed E-state index contributed by atoms with van der Waals surface area (Å²) < 4.78 is 11.6. The fourth-order valence-electron chi connectivity index (χ4n) is 2.59. The van der Waals surface area contributed by atoms with Crippen LogP contribution < -0.4 is 4.90 Å².